The molecule has 32 heavy (non-hydrogen) atoms. The summed E-state index contributed by atoms with van der Waals surface area (Å²) in [6.45, 7) is 0. The molecule has 3 aromatic rings. The zero-order valence-corrected chi connectivity index (χ0v) is 18.3. The molecule has 1 saturated heterocycles. The number of benzene rings is 2. The maximum absolute atomic E-state index is 12.7. The van der Waals surface area contributed by atoms with E-state index < -0.39 is 17.8 Å². The molecule has 8 nitrogen and oxygen atoms in total. The molecule has 0 N–H and O–H groups in total. The Bertz CT molecular complexity index is 1220. The van der Waals surface area contributed by atoms with Gasteiger partial charge in [0.2, 0.25) is 0 Å². The zero-order valence-electron chi connectivity index (χ0n) is 17.6. The third-order valence-electron chi connectivity index (χ3n) is 5.14. The van der Waals surface area contributed by atoms with Crippen LogP contribution in [0.25, 0.3) is 23.0 Å². The molecule has 4 rings (SSSR count). The smallest absolute Gasteiger partial charge is 0.333 e. The average Bonchev–Trinajstić information content (AvgIpc) is 3.23. The second-order valence-corrected chi connectivity index (χ2v) is 7.59. The lowest BCUT2D eigenvalue weighted by atomic mass is 10.0. The molecule has 4 amide bonds. The number of urea groups is 1. The molecule has 0 aliphatic carbocycles. The molecule has 2 heterocycles. The van der Waals surface area contributed by atoms with Crippen molar-refractivity contribution in [3.05, 3.63) is 70.9 Å². The summed E-state index contributed by atoms with van der Waals surface area (Å²) < 4.78 is 6.86. The Morgan fingerprint density at radius 2 is 1.50 bits per heavy atom. The highest BCUT2D eigenvalue weighted by Crippen LogP contribution is 2.29. The van der Waals surface area contributed by atoms with E-state index in [-0.39, 0.29) is 5.57 Å². The topological polar surface area (TPSA) is 84.7 Å². The monoisotopic (exact) mass is 450 g/mol. The average molecular weight is 451 g/mol. The second-order valence-electron chi connectivity index (χ2n) is 7.15. The lowest BCUT2D eigenvalue weighted by molar-refractivity contribution is -0.134. The Kier molecular flexibility index (Phi) is 5.54. The van der Waals surface area contributed by atoms with E-state index in [4.69, 9.17) is 16.3 Å². The number of likely N-dealkylation sites (N-methyl/N-ethyl adjacent to an activating group) is 2. The summed E-state index contributed by atoms with van der Waals surface area (Å²) in [6, 6.07) is 13.7. The molecule has 0 radical (unpaired) electrons. The minimum atomic E-state index is -0.676. The highest BCUT2D eigenvalue weighted by atomic mass is 35.5. The highest BCUT2D eigenvalue weighted by Gasteiger charge is 2.38. The van der Waals surface area contributed by atoms with Crippen LogP contribution in [0.4, 0.5) is 4.79 Å². The van der Waals surface area contributed by atoms with Gasteiger partial charge in [-0.15, -0.1) is 0 Å². The van der Waals surface area contributed by atoms with E-state index in [1.165, 1.54) is 20.2 Å². The van der Waals surface area contributed by atoms with E-state index >= 15 is 0 Å². The molecule has 0 atom stereocenters. The van der Waals surface area contributed by atoms with Crippen LogP contribution in [0.15, 0.2) is 60.3 Å². The van der Waals surface area contributed by atoms with E-state index in [1.54, 1.807) is 54.4 Å². The fraction of sp³-hybridized carbons (Fsp3) is 0.130. The van der Waals surface area contributed by atoms with Crippen molar-refractivity contribution >= 4 is 35.5 Å². The minimum Gasteiger partial charge on any atom is -0.497 e. The van der Waals surface area contributed by atoms with Crippen LogP contribution in [-0.2, 0) is 9.59 Å². The number of amides is 4. The molecule has 0 unspecified atom stereocenters. The normalized spacial score (nSPS) is 14.2. The van der Waals surface area contributed by atoms with Gasteiger partial charge in [-0.05, 0) is 54.6 Å². The summed E-state index contributed by atoms with van der Waals surface area (Å²) in [5.74, 6) is -0.652. The lowest BCUT2D eigenvalue weighted by Gasteiger charge is -2.28. The number of aromatic nitrogens is 2. The van der Waals surface area contributed by atoms with Crippen LogP contribution in [0.1, 0.15) is 5.56 Å². The molecule has 162 valence electrons. The number of hydrogen-bond donors (Lipinski definition) is 0. The van der Waals surface area contributed by atoms with Crippen molar-refractivity contribution in [2.45, 2.75) is 0 Å². The standard InChI is InChI=1S/C23H19ClN4O4/c1-26-21(29)19(22(30)27(2)23(26)31)12-15-13-28(17-8-6-16(24)7-9-17)25-20(15)14-4-10-18(32-3)11-5-14/h4-13H,1-3H3. The predicted octanol–water partition coefficient (Wildman–Crippen LogP) is 3.64. The van der Waals surface area contributed by atoms with Crippen LogP contribution >= 0.6 is 11.6 Å². The first kappa shape index (κ1) is 21.3. The maximum atomic E-state index is 12.7. The summed E-state index contributed by atoms with van der Waals surface area (Å²) in [7, 11) is 4.25. The van der Waals surface area contributed by atoms with E-state index in [1.807, 2.05) is 12.1 Å². The Morgan fingerprint density at radius 1 is 0.906 bits per heavy atom. The quantitative estimate of drug-likeness (QED) is 0.447. The van der Waals surface area contributed by atoms with Crippen LogP contribution < -0.4 is 4.74 Å². The number of rotatable bonds is 4. The number of hydrogen-bond acceptors (Lipinski definition) is 5. The number of carbonyl (C=O) groups is 3. The van der Waals surface area contributed by atoms with Crippen molar-refractivity contribution in [2.75, 3.05) is 21.2 Å². The van der Waals surface area contributed by atoms with E-state index in [2.05, 4.69) is 5.10 Å². The molecule has 1 aromatic heterocycles. The van der Waals surface area contributed by atoms with Crippen LogP contribution in [0.3, 0.4) is 0 Å². The Hall–Kier alpha value is -3.91. The summed E-state index contributed by atoms with van der Waals surface area (Å²) >= 11 is 6.00. The molecule has 2 aromatic carbocycles. The van der Waals surface area contributed by atoms with Crippen molar-refractivity contribution in [1.82, 2.24) is 19.6 Å². The van der Waals surface area contributed by atoms with Gasteiger partial charge < -0.3 is 4.74 Å². The molecular weight excluding hydrogens is 432 g/mol. The molecule has 1 fully saturated rings. The third kappa shape index (κ3) is 3.76. The van der Waals surface area contributed by atoms with Gasteiger partial charge in [0.15, 0.2) is 0 Å². The predicted molar refractivity (Wildman–Crippen MR) is 119 cm³/mol. The lowest BCUT2D eigenvalue weighted by Crippen LogP contribution is -2.52. The van der Waals surface area contributed by atoms with Crippen molar-refractivity contribution in [2.24, 2.45) is 0 Å². The van der Waals surface area contributed by atoms with Crippen molar-refractivity contribution in [3.63, 3.8) is 0 Å². The second kappa shape index (κ2) is 8.32. The van der Waals surface area contributed by atoms with E-state index in [9.17, 15) is 14.4 Å². The third-order valence-corrected chi connectivity index (χ3v) is 5.39. The van der Waals surface area contributed by atoms with Gasteiger partial charge in [0.25, 0.3) is 11.8 Å². The first-order valence-electron chi connectivity index (χ1n) is 9.62. The molecule has 1 aliphatic rings. The fourth-order valence-corrected chi connectivity index (χ4v) is 3.45. The summed E-state index contributed by atoms with van der Waals surface area (Å²) in [6.07, 6.45) is 3.18. The Labute approximate surface area is 189 Å². The van der Waals surface area contributed by atoms with Gasteiger partial charge >= 0.3 is 6.03 Å². The van der Waals surface area contributed by atoms with Crippen molar-refractivity contribution in [1.29, 1.82) is 0 Å². The van der Waals surface area contributed by atoms with Gasteiger partial charge in [0.1, 0.15) is 11.3 Å². The number of barbiturate groups is 1. The molecule has 0 spiro atoms. The van der Waals surface area contributed by atoms with Crippen LogP contribution in [-0.4, -0.2) is 58.6 Å². The maximum Gasteiger partial charge on any atom is 0.333 e. The van der Waals surface area contributed by atoms with Crippen molar-refractivity contribution in [3.8, 4) is 22.7 Å². The zero-order chi connectivity index (χ0) is 23.0. The largest absolute Gasteiger partial charge is 0.497 e. The molecule has 0 bridgehead atoms. The highest BCUT2D eigenvalue weighted by molar-refractivity contribution is 6.31. The van der Waals surface area contributed by atoms with E-state index in [0.29, 0.717) is 22.0 Å². The number of imide groups is 2. The SMILES string of the molecule is COc1ccc(-c2nn(-c3ccc(Cl)cc3)cc2C=C2C(=O)N(C)C(=O)N(C)C2=O)cc1. The Balaban J connectivity index is 1.86. The van der Waals surface area contributed by atoms with Gasteiger partial charge in [-0.3, -0.25) is 19.4 Å². The minimum absolute atomic E-state index is 0.125. The number of halogens is 1. The first-order valence-corrected chi connectivity index (χ1v) is 9.99. The van der Waals surface area contributed by atoms with Crippen LogP contribution in [0.2, 0.25) is 5.02 Å². The number of ether oxygens (including phenoxy) is 1. The number of nitrogens with zero attached hydrogens (tertiary/aromatic N) is 4. The Morgan fingerprint density at radius 3 is 2.06 bits per heavy atom. The fourth-order valence-electron chi connectivity index (χ4n) is 3.32. The first-order chi connectivity index (χ1) is 15.3. The summed E-state index contributed by atoms with van der Waals surface area (Å²) in [4.78, 5) is 39.2. The molecule has 0 saturated carbocycles. The van der Waals surface area contributed by atoms with Gasteiger partial charge in [-0.25, -0.2) is 9.48 Å². The summed E-state index contributed by atoms with van der Waals surface area (Å²) in [5, 5.41) is 5.27. The van der Waals surface area contributed by atoms with Gasteiger partial charge in [-0.2, -0.15) is 5.10 Å². The molecular formula is C23H19ClN4O4. The number of methoxy groups -OCH3 is 1. The van der Waals surface area contributed by atoms with Gasteiger partial charge in [-0.1, -0.05) is 11.6 Å². The van der Waals surface area contributed by atoms with Crippen molar-refractivity contribution < 1.29 is 19.1 Å². The molecule has 1 aliphatic heterocycles. The van der Waals surface area contributed by atoms with Gasteiger partial charge in [0.05, 0.1) is 18.5 Å². The summed E-state index contributed by atoms with van der Waals surface area (Å²) in [5.41, 5.74) is 2.48. The number of carbonyl (C=O) groups excluding carboxylic acids is 3. The van der Waals surface area contributed by atoms with Crippen LogP contribution in [0.5, 0.6) is 5.75 Å². The molecule has 9 heteroatoms. The van der Waals surface area contributed by atoms with Crippen LogP contribution in [0, 0.1) is 0 Å². The van der Waals surface area contributed by atoms with Gasteiger partial charge in [0, 0.05) is 36.4 Å². The van der Waals surface area contributed by atoms with E-state index in [0.717, 1.165) is 21.1 Å².